The standard InChI is InChI=1S/C15H14FN3/c16-14-9-11(8-12-6-7-17-15(12)14)10-18-19-13-4-2-1-3-5-13/h1-9,17-19H,10H2. The van der Waals surface area contributed by atoms with Gasteiger partial charge in [-0.1, -0.05) is 18.2 Å². The smallest absolute Gasteiger partial charge is 0.147 e. The van der Waals surface area contributed by atoms with Gasteiger partial charge in [-0.25, -0.2) is 9.82 Å². The summed E-state index contributed by atoms with van der Waals surface area (Å²) >= 11 is 0. The van der Waals surface area contributed by atoms with E-state index >= 15 is 0 Å². The van der Waals surface area contributed by atoms with E-state index < -0.39 is 0 Å². The number of hydrazine groups is 1. The number of hydrogen-bond donors (Lipinski definition) is 3. The molecule has 2 aromatic carbocycles. The molecule has 0 aliphatic heterocycles. The lowest BCUT2D eigenvalue weighted by molar-refractivity contribution is 0.633. The van der Waals surface area contributed by atoms with Crippen LogP contribution in [0.25, 0.3) is 10.9 Å². The molecular formula is C15H14FN3. The Bertz CT molecular complexity index is 676. The summed E-state index contributed by atoms with van der Waals surface area (Å²) in [7, 11) is 0. The van der Waals surface area contributed by atoms with E-state index in [4.69, 9.17) is 0 Å². The van der Waals surface area contributed by atoms with E-state index in [0.717, 1.165) is 16.6 Å². The normalized spacial score (nSPS) is 10.8. The Morgan fingerprint density at radius 1 is 1.05 bits per heavy atom. The van der Waals surface area contributed by atoms with Gasteiger partial charge in [0.25, 0.3) is 0 Å². The highest BCUT2D eigenvalue weighted by Crippen LogP contribution is 2.18. The number of hydrogen-bond acceptors (Lipinski definition) is 2. The number of para-hydroxylation sites is 1. The lowest BCUT2D eigenvalue weighted by Crippen LogP contribution is -2.20. The number of halogens is 1. The zero-order chi connectivity index (χ0) is 13.1. The number of aromatic nitrogens is 1. The minimum Gasteiger partial charge on any atom is -0.359 e. The van der Waals surface area contributed by atoms with Crippen LogP contribution in [0, 0.1) is 5.82 Å². The van der Waals surface area contributed by atoms with E-state index in [0.29, 0.717) is 12.1 Å². The molecule has 0 radical (unpaired) electrons. The molecule has 0 saturated carbocycles. The fourth-order valence-electron chi connectivity index (χ4n) is 2.06. The Kier molecular flexibility index (Phi) is 3.16. The van der Waals surface area contributed by atoms with Crippen molar-refractivity contribution >= 4 is 16.6 Å². The summed E-state index contributed by atoms with van der Waals surface area (Å²) in [6, 6.07) is 15.2. The van der Waals surface area contributed by atoms with Crippen LogP contribution >= 0.6 is 0 Å². The van der Waals surface area contributed by atoms with Gasteiger partial charge >= 0.3 is 0 Å². The first-order chi connectivity index (χ1) is 9.33. The maximum absolute atomic E-state index is 13.8. The first-order valence-electron chi connectivity index (χ1n) is 6.12. The Morgan fingerprint density at radius 2 is 1.89 bits per heavy atom. The first kappa shape index (κ1) is 11.7. The van der Waals surface area contributed by atoms with Crippen molar-refractivity contribution in [3.63, 3.8) is 0 Å². The molecule has 3 nitrogen and oxygen atoms in total. The second-order valence-electron chi connectivity index (χ2n) is 4.36. The summed E-state index contributed by atoms with van der Waals surface area (Å²) in [5.41, 5.74) is 8.58. The fourth-order valence-corrected chi connectivity index (χ4v) is 2.06. The highest BCUT2D eigenvalue weighted by molar-refractivity contribution is 5.80. The highest BCUT2D eigenvalue weighted by Gasteiger charge is 2.04. The quantitative estimate of drug-likeness (QED) is 0.625. The number of anilines is 1. The summed E-state index contributed by atoms with van der Waals surface area (Å²) in [6.07, 6.45) is 1.74. The number of rotatable bonds is 4. The molecule has 3 aromatic rings. The molecule has 0 unspecified atom stereocenters. The van der Waals surface area contributed by atoms with Gasteiger partial charge in [-0.15, -0.1) is 0 Å². The third kappa shape index (κ3) is 2.58. The summed E-state index contributed by atoms with van der Waals surface area (Å²) < 4.78 is 13.8. The molecule has 1 aromatic heterocycles. The monoisotopic (exact) mass is 255 g/mol. The Morgan fingerprint density at radius 3 is 2.74 bits per heavy atom. The molecule has 96 valence electrons. The molecule has 1 heterocycles. The average molecular weight is 255 g/mol. The van der Waals surface area contributed by atoms with Crippen LogP contribution in [0.15, 0.2) is 54.7 Å². The van der Waals surface area contributed by atoms with E-state index in [1.807, 2.05) is 42.5 Å². The molecule has 0 aliphatic carbocycles. The van der Waals surface area contributed by atoms with Gasteiger partial charge in [0, 0.05) is 23.8 Å². The molecule has 0 saturated heterocycles. The molecule has 3 rings (SSSR count). The minimum absolute atomic E-state index is 0.223. The van der Waals surface area contributed by atoms with Crippen molar-refractivity contribution in [3.05, 3.63) is 66.1 Å². The predicted octanol–water partition coefficient (Wildman–Crippen LogP) is 3.42. The van der Waals surface area contributed by atoms with Gasteiger partial charge in [-0.3, -0.25) is 0 Å². The summed E-state index contributed by atoms with van der Waals surface area (Å²) in [4.78, 5) is 2.89. The summed E-state index contributed by atoms with van der Waals surface area (Å²) in [6.45, 7) is 0.549. The maximum Gasteiger partial charge on any atom is 0.147 e. The molecule has 3 N–H and O–H groups in total. The van der Waals surface area contributed by atoms with Crippen molar-refractivity contribution in [2.75, 3.05) is 5.43 Å². The number of aromatic amines is 1. The van der Waals surface area contributed by atoms with Gasteiger partial charge in [-0.2, -0.15) is 0 Å². The van der Waals surface area contributed by atoms with Gasteiger partial charge in [0.1, 0.15) is 5.82 Å². The summed E-state index contributed by atoms with van der Waals surface area (Å²) in [5.74, 6) is -0.223. The molecule has 0 aliphatic rings. The van der Waals surface area contributed by atoms with E-state index in [2.05, 4.69) is 15.8 Å². The lowest BCUT2D eigenvalue weighted by Gasteiger charge is -2.08. The van der Waals surface area contributed by atoms with Gasteiger partial charge in [0.2, 0.25) is 0 Å². The molecule has 0 bridgehead atoms. The third-order valence-electron chi connectivity index (χ3n) is 2.97. The largest absolute Gasteiger partial charge is 0.359 e. The molecule has 0 fully saturated rings. The fraction of sp³-hybridized carbons (Fsp3) is 0.0667. The topological polar surface area (TPSA) is 39.8 Å². The zero-order valence-corrected chi connectivity index (χ0v) is 10.3. The van der Waals surface area contributed by atoms with Crippen LogP contribution in [0.1, 0.15) is 5.56 Å². The van der Waals surface area contributed by atoms with Crippen LogP contribution in [-0.4, -0.2) is 4.98 Å². The molecule has 19 heavy (non-hydrogen) atoms. The minimum atomic E-state index is -0.223. The number of fused-ring (bicyclic) bond motifs is 1. The van der Waals surface area contributed by atoms with Gasteiger partial charge in [0.15, 0.2) is 0 Å². The van der Waals surface area contributed by atoms with E-state index in [1.54, 1.807) is 12.3 Å². The van der Waals surface area contributed by atoms with E-state index in [1.165, 1.54) is 0 Å². The van der Waals surface area contributed by atoms with Crippen LogP contribution in [-0.2, 0) is 6.54 Å². The maximum atomic E-state index is 13.8. The van der Waals surface area contributed by atoms with Gasteiger partial charge < -0.3 is 10.4 Å². The molecule has 0 spiro atoms. The second-order valence-corrected chi connectivity index (χ2v) is 4.36. The second kappa shape index (κ2) is 5.12. The average Bonchev–Trinajstić information content (AvgIpc) is 2.89. The Labute approximate surface area is 110 Å². The zero-order valence-electron chi connectivity index (χ0n) is 10.3. The molecule has 4 heteroatoms. The van der Waals surface area contributed by atoms with Crippen molar-refractivity contribution < 1.29 is 4.39 Å². The van der Waals surface area contributed by atoms with Crippen LogP contribution < -0.4 is 10.9 Å². The van der Waals surface area contributed by atoms with Crippen molar-refractivity contribution in [2.45, 2.75) is 6.54 Å². The molecule has 0 amide bonds. The van der Waals surface area contributed by atoms with Crippen molar-refractivity contribution in [3.8, 4) is 0 Å². The number of benzene rings is 2. The van der Waals surface area contributed by atoms with Gasteiger partial charge in [0.05, 0.1) is 5.52 Å². The van der Waals surface area contributed by atoms with Crippen LogP contribution in [0.4, 0.5) is 10.1 Å². The van der Waals surface area contributed by atoms with E-state index in [9.17, 15) is 4.39 Å². The van der Waals surface area contributed by atoms with Crippen molar-refractivity contribution in [1.29, 1.82) is 0 Å². The van der Waals surface area contributed by atoms with E-state index in [-0.39, 0.29) is 5.82 Å². The van der Waals surface area contributed by atoms with Crippen molar-refractivity contribution in [2.24, 2.45) is 0 Å². The Hall–Kier alpha value is -2.33. The van der Waals surface area contributed by atoms with Gasteiger partial charge in [-0.05, 0) is 35.9 Å². The van der Waals surface area contributed by atoms with Crippen LogP contribution in [0.2, 0.25) is 0 Å². The predicted molar refractivity (Wildman–Crippen MR) is 75.2 cm³/mol. The first-order valence-corrected chi connectivity index (χ1v) is 6.12. The molecular weight excluding hydrogens is 241 g/mol. The van der Waals surface area contributed by atoms with Crippen LogP contribution in [0.5, 0.6) is 0 Å². The highest BCUT2D eigenvalue weighted by atomic mass is 19.1. The summed E-state index contributed by atoms with van der Waals surface area (Å²) in [5, 5.41) is 0.886. The van der Waals surface area contributed by atoms with Crippen molar-refractivity contribution in [1.82, 2.24) is 10.4 Å². The lowest BCUT2D eigenvalue weighted by atomic mass is 10.1. The SMILES string of the molecule is Fc1cc(CNNc2ccccc2)cc2cc[nH]c12. The number of nitrogens with one attached hydrogen (secondary N) is 3. The number of H-pyrrole nitrogens is 1. The molecule has 0 atom stereocenters. The van der Waals surface area contributed by atoms with Crippen LogP contribution in [0.3, 0.4) is 0 Å². The third-order valence-corrected chi connectivity index (χ3v) is 2.97. The Balaban J connectivity index is 1.68.